The van der Waals surface area contributed by atoms with Gasteiger partial charge in [-0.1, -0.05) is 55.4 Å². The standard InChI is InChI=1S/C22H35N3O2Si/c1-13(2)28(14(3)4)15(5)18-10-17(9-16(12-26)21(18)27-28)25-20(23)11-19(24-25)22(6,7)8/h9-11,13-15,26H,12,23H2,1-8H3. The van der Waals surface area contributed by atoms with Gasteiger partial charge in [0.05, 0.1) is 18.0 Å². The Morgan fingerprint density at radius 2 is 1.79 bits per heavy atom. The minimum Gasteiger partial charge on any atom is -0.542 e. The van der Waals surface area contributed by atoms with Crippen LogP contribution in [-0.2, 0) is 12.0 Å². The van der Waals surface area contributed by atoms with Crippen molar-refractivity contribution in [3.63, 3.8) is 0 Å². The molecule has 3 rings (SSSR count). The lowest BCUT2D eigenvalue weighted by Crippen LogP contribution is -2.49. The Bertz CT molecular complexity index is 873. The van der Waals surface area contributed by atoms with E-state index in [9.17, 15) is 5.11 Å². The van der Waals surface area contributed by atoms with Gasteiger partial charge in [0.15, 0.2) is 0 Å². The molecular weight excluding hydrogens is 366 g/mol. The Morgan fingerprint density at radius 3 is 2.25 bits per heavy atom. The van der Waals surface area contributed by atoms with Gasteiger partial charge >= 0.3 is 0 Å². The van der Waals surface area contributed by atoms with Crippen molar-refractivity contribution >= 4 is 14.1 Å². The summed E-state index contributed by atoms with van der Waals surface area (Å²) in [6.45, 7) is 17.7. The van der Waals surface area contributed by atoms with Gasteiger partial charge in [0.2, 0.25) is 0 Å². The largest absolute Gasteiger partial charge is 0.542 e. The summed E-state index contributed by atoms with van der Waals surface area (Å²) in [7, 11) is -2.08. The van der Waals surface area contributed by atoms with Crippen LogP contribution < -0.4 is 10.2 Å². The molecule has 1 aliphatic heterocycles. The van der Waals surface area contributed by atoms with Crippen LogP contribution in [0.2, 0.25) is 11.1 Å². The number of anilines is 1. The summed E-state index contributed by atoms with van der Waals surface area (Å²) in [5, 5.41) is 14.8. The second-order valence-corrected chi connectivity index (χ2v) is 14.9. The van der Waals surface area contributed by atoms with E-state index < -0.39 is 8.32 Å². The predicted octanol–water partition coefficient (Wildman–Crippen LogP) is 5.04. The molecule has 1 atom stereocenters. The van der Waals surface area contributed by atoms with Crippen LogP contribution in [0.15, 0.2) is 18.2 Å². The van der Waals surface area contributed by atoms with E-state index in [2.05, 4.69) is 61.5 Å². The van der Waals surface area contributed by atoms with Crippen molar-refractivity contribution in [3.8, 4) is 11.4 Å². The number of nitrogens with zero attached hydrogens (tertiary/aromatic N) is 2. The van der Waals surface area contributed by atoms with Crippen LogP contribution in [-0.4, -0.2) is 23.2 Å². The van der Waals surface area contributed by atoms with E-state index in [-0.39, 0.29) is 12.0 Å². The van der Waals surface area contributed by atoms with Crippen LogP contribution in [0.3, 0.4) is 0 Å². The van der Waals surface area contributed by atoms with Crippen molar-refractivity contribution in [2.24, 2.45) is 0 Å². The third-order valence-electron chi connectivity index (χ3n) is 6.33. The van der Waals surface area contributed by atoms with Gasteiger partial charge in [-0.25, -0.2) is 4.68 Å². The van der Waals surface area contributed by atoms with Crippen molar-refractivity contribution in [3.05, 3.63) is 35.0 Å². The van der Waals surface area contributed by atoms with Crippen molar-refractivity contribution in [2.45, 2.75) is 84.0 Å². The average Bonchev–Trinajstić information content (AvgIpc) is 3.13. The predicted molar refractivity (Wildman–Crippen MR) is 118 cm³/mol. The topological polar surface area (TPSA) is 73.3 Å². The number of aliphatic hydroxyl groups excluding tert-OH is 1. The molecule has 1 aromatic carbocycles. The summed E-state index contributed by atoms with van der Waals surface area (Å²) >= 11 is 0. The highest BCUT2D eigenvalue weighted by atomic mass is 28.4. The highest BCUT2D eigenvalue weighted by molar-refractivity contribution is 6.79. The second-order valence-electron chi connectivity index (χ2n) is 9.78. The highest BCUT2D eigenvalue weighted by Gasteiger charge is 2.54. The van der Waals surface area contributed by atoms with Crippen LogP contribution >= 0.6 is 0 Å². The fourth-order valence-electron chi connectivity index (χ4n) is 4.76. The first-order chi connectivity index (χ1) is 12.9. The molecule has 6 heteroatoms. The molecule has 0 spiro atoms. The van der Waals surface area contributed by atoms with Gasteiger partial charge in [0.25, 0.3) is 8.32 Å². The maximum Gasteiger partial charge on any atom is 0.263 e. The maximum atomic E-state index is 10.1. The summed E-state index contributed by atoms with van der Waals surface area (Å²) in [6.07, 6.45) is 0. The first kappa shape index (κ1) is 20.9. The van der Waals surface area contributed by atoms with Crippen LogP contribution in [0.5, 0.6) is 5.75 Å². The minimum absolute atomic E-state index is 0.0587. The molecule has 0 amide bonds. The van der Waals surface area contributed by atoms with Crippen LogP contribution in [0.1, 0.15) is 77.8 Å². The highest BCUT2D eigenvalue weighted by Crippen LogP contribution is 2.53. The molecule has 2 aromatic rings. The molecule has 1 aliphatic rings. The lowest BCUT2D eigenvalue weighted by atomic mass is 9.92. The third-order valence-corrected chi connectivity index (χ3v) is 12.2. The summed E-state index contributed by atoms with van der Waals surface area (Å²) in [5.41, 5.74) is 11.4. The van der Waals surface area contributed by atoms with Gasteiger partial charge in [0.1, 0.15) is 11.6 Å². The monoisotopic (exact) mass is 401 g/mol. The summed E-state index contributed by atoms with van der Waals surface area (Å²) < 4.78 is 8.54. The van der Waals surface area contributed by atoms with Crippen LogP contribution in [0.25, 0.3) is 5.69 Å². The maximum absolute atomic E-state index is 10.1. The van der Waals surface area contributed by atoms with E-state index in [0.717, 1.165) is 22.7 Å². The summed E-state index contributed by atoms with van der Waals surface area (Å²) in [4.78, 5) is 0. The molecule has 5 nitrogen and oxygen atoms in total. The Labute approximate surface area is 170 Å². The van der Waals surface area contributed by atoms with E-state index in [1.807, 2.05) is 12.1 Å². The number of rotatable bonds is 4. The summed E-state index contributed by atoms with van der Waals surface area (Å²) in [5.74, 6) is 1.49. The van der Waals surface area contributed by atoms with Crippen molar-refractivity contribution < 1.29 is 9.53 Å². The molecule has 3 N–H and O–H groups in total. The zero-order chi connectivity index (χ0) is 21.0. The molecule has 1 unspecified atom stereocenters. The fourth-order valence-corrected chi connectivity index (χ4v) is 10.0. The molecule has 0 saturated heterocycles. The first-order valence-electron chi connectivity index (χ1n) is 10.3. The molecule has 0 aliphatic carbocycles. The molecule has 0 saturated carbocycles. The second kappa shape index (κ2) is 6.92. The van der Waals surface area contributed by atoms with E-state index in [1.165, 1.54) is 5.56 Å². The minimum atomic E-state index is -2.08. The number of fused-ring (bicyclic) bond motifs is 1. The Hall–Kier alpha value is -1.79. The van der Waals surface area contributed by atoms with E-state index in [1.54, 1.807) is 4.68 Å². The first-order valence-corrected chi connectivity index (χ1v) is 12.4. The van der Waals surface area contributed by atoms with Gasteiger partial charge in [-0.05, 0) is 28.8 Å². The van der Waals surface area contributed by atoms with Gasteiger partial charge in [-0.2, -0.15) is 5.10 Å². The van der Waals surface area contributed by atoms with E-state index >= 15 is 0 Å². The van der Waals surface area contributed by atoms with Gasteiger partial charge in [-0.3, -0.25) is 0 Å². The third kappa shape index (κ3) is 3.07. The number of nitrogens with two attached hydrogens (primary N) is 1. The van der Waals surface area contributed by atoms with Gasteiger partial charge < -0.3 is 15.3 Å². The van der Waals surface area contributed by atoms with Crippen molar-refractivity contribution in [1.82, 2.24) is 9.78 Å². The number of aromatic nitrogens is 2. The number of hydrogen-bond donors (Lipinski definition) is 2. The Morgan fingerprint density at radius 1 is 1.18 bits per heavy atom. The fraction of sp³-hybridized carbons (Fsp3) is 0.591. The van der Waals surface area contributed by atoms with Crippen LogP contribution in [0, 0.1) is 0 Å². The number of nitrogen functional groups attached to an aromatic ring is 1. The molecule has 28 heavy (non-hydrogen) atoms. The Kier molecular flexibility index (Phi) is 5.17. The smallest absolute Gasteiger partial charge is 0.263 e. The molecule has 0 bridgehead atoms. The SMILES string of the molecule is CC(C)[Si]1(C(C)C)Oc2c(CO)cc(-n3nc(C(C)(C)C)cc3N)cc2C1C. The normalized spacial score (nSPS) is 18.6. The van der Waals surface area contributed by atoms with Gasteiger partial charge in [-0.15, -0.1) is 0 Å². The zero-order valence-electron chi connectivity index (χ0n) is 18.5. The van der Waals surface area contributed by atoms with Gasteiger partial charge in [0, 0.05) is 22.6 Å². The van der Waals surface area contributed by atoms with Crippen molar-refractivity contribution in [2.75, 3.05) is 5.73 Å². The lowest BCUT2D eigenvalue weighted by Gasteiger charge is -2.37. The number of benzene rings is 1. The number of hydrogen-bond acceptors (Lipinski definition) is 4. The quantitative estimate of drug-likeness (QED) is 0.704. The van der Waals surface area contributed by atoms with Crippen LogP contribution in [0.4, 0.5) is 5.82 Å². The molecule has 0 radical (unpaired) electrons. The summed E-state index contributed by atoms with van der Waals surface area (Å²) in [6, 6.07) is 6.06. The molecule has 1 aromatic heterocycles. The van der Waals surface area contributed by atoms with E-state index in [4.69, 9.17) is 15.3 Å². The van der Waals surface area contributed by atoms with E-state index in [0.29, 0.717) is 22.4 Å². The number of aliphatic hydroxyl groups is 1. The lowest BCUT2D eigenvalue weighted by molar-refractivity contribution is 0.278. The van der Waals surface area contributed by atoms with Crippen molar-refractivity contribution in [1.29, 1.82) is 0 Å². The zero-order valence-corrected chi connectivity index (χ0v) is 19.5. The average molecular weight is 402 g/mol. The Balaban J connectivity index is 2.17. The molecule has 2 heterocycles. The molecular formula is C22H35N3O2Si. The molecule has 0 fully saturated rings. The molecule has 154 valence electrons.